The number of nitriles is 1. The van der Waals surface area contributed by atoms with Crippen LogP contribution in [0.3, 0.4) is 0 Å². The van der Waals surface area contributed by atoms with Gasteiger partial charge in [-0.25, -0.2) is 4.79 Å². The molecule has 5 nitrogen and oxygen atoms in total. The average Bonchev–Trinajstić information content (AvgIpc) is 2.42. The van der Waals surface area contributed by atoms with Crippen molar-refractivity contribution in [2.24, 2.45) is 5.92 Å². The van der Waals surface area contributed by atoms with E-state index >= 15 is 0 Å². The molecule has 0 aliphatic heterocycles. The third-order valence-corrected chi connectivity index (χ3v) is 2.74. The molecule has 0 bridgehead atoms. The predicted molar refractivity (Wildman–Crippen MR) is 73.4 cm³/mol. The third-order valence-electron chi connectivity index (χ3n) is 2.74. The van der Waals surface area contributed by atoms with Crippen LogP contribution in [-0.2, 0) is 20.9 Å². The lowest BCUT2D eigenvalue weighted by Crippen LogP contribution is -2.44. The summed E-state index contributed by atoms with van der Waals surface area (Å²) in [7, 11) is 0. The zero-order chi connectivity index (χ0) is 15.1. The van der Waals surface area contributed by atoms with Crippen LogP contribution in [0.15, 0.2) is 24.3 Å². The lowest BCUT2D eigenvalue weighted by molar-refractivity contribution is -0.150. The Morgan fingerprint density at radius 3 is 2.35 bits per heavy atom. The van der Waals surface area contributed by atoms with E-state index in [-0.39, 0.29) is 18.4 Å². The second-order valence-corrected chi connectivity index (χ2v) is 4.84. The van der Waals surface area contributed by atoms with Gasteiger partial charge in [0.1, 0.15) is 12.6 Å². The molecule has 0 radical (unpaired) electrons. The zero-order valence-corrected chi connectivity index (χ0v) is 11.8. The number of amides is 1. The number of esters is 1. The molecule has 0 unspecified atom stereocenters. The van der Waals surface area contributed by atoms with Crippen LogP contribution < -0.4 is 5.32 Å². The van der Waals surface area contributed by atoms with Gasteiger partial charge >= 0.3 is 5.97 Å². The average molecular weight is 274 g/mol. The van der Waals surface area contributed by atoms with E-state index in [1.54, 1.807) is 24.3 Å². The Kier molecular flexibility index (Phi) is 5.73. The molecule has 1 N–H and O–H groups in total. The van der Waals surface area contributed by atoms with E-state index in [0.29, 0.717) is 5.56 Å². The van der Waals surface area contributed by atoms with Crippen molar-refractivity contribution in [2.75, 3.05) is 0 Å². The van der Waals surface area contributed by atoms with Crippen molar-refractivity contribution in [1.29, 1.82) is 5.26 Å². The standard InChI is InChI=1S/C15H18N2O3/c1-10(2)14(17-11(3)18)15(19)20-9-13-6-4-12(8-16)5-7-13/h4-7,10,14H,9H2,1-3H3,(H,17,18)/t14-/m1/s1. The number of carbonyl (C=O) groups is 2. The summed E-state index contributed by atoms with van der Waals surface area (Å²) in [6.45, 7) is 5.16. The maximum Gasteiger partial charge on any atom is 0.329 e. The first-order chi connectivity index (χ1) is 9.43. The minimum absolute atomic E-state index is 0.0487. The van der Waals surface area contributed by atoms with Crippen molar-refractivity contribution in [1.82, 2.24) is 5.32 Å². The Bertz CT molecular complexity index is 515. The van der Waals surface area contributed by atoms with Crippen LogP contribution in [-0.4, -0.2) is 17.9 Å². The summed E-state index contributed by atoms with van der Waals surface area (Å²) in [5.41, 5.74) is 1.35. The smallest absolute Gasteiger partial charge is 0.329 e. The topological polar surface area (TPSA) is 79.2 Å². The summed E-state index contributed by atoms with van der Waals surface area (Å²) in [5.74, 6) is -0.772. The van der Waals surface area contributed by atoms with Crippen LogP contribution in [0, 0.1) is 17.2 Å². The number of benzene rings is 1. The van der Waals surface area contributed by atoms with Crippen LogP contribution in [0.5, 0.6) is 0 Å². The molecular formula is C15H18N2O3. The number of nitrogens with zero attached hydrogens (tertiary/aromatic N) is 1. The first kappa shape index (κ1) is 15.7. The van der Waals surface area contributed by atoms with Gasteiger partial charge in [-0.3, -0.25) is 4.79 Å². The summed E-state index contributed by atoms with van der Waals surface area (Å²) in [6, 6.07) is 8.16. The van der Waals surface area contributed by atoms with Crippen molar-refractivity contribution in [3.8, 4) is 6.07 Å². The van der Waals surface area contributed by atoms with Crippen LogP contribution in [0.25, 0.3) is 0 Å². The number of hydrogen-bond donors (Lipinski definition) is 1. The normalized spacial score (nSPS) is 11.6. The fraction of sp³-hybridized carbons (Fsp3) is 0.400. The first-order valence-corrected chi connectivity index (χ1v) is 6.36. The molecule has 0 fully saturated rings. The molecule has 106 valence electrons. The molecule has 0 aromatic heterocycles. The molecule has 0 saturated heterocycles. The lowest BCUT2D eigenvalue weighted by Gasteiger charge is -2.20. The molecule has 1 aromatic carbocycles. The Morgan fingerprint density at radius 2 is 1.90 bits per heavy atom. The van der Waals surface area contributed by atoms with E-state index in [9.17, 15) is 9.59 Å². The number of ether oxygens (including phenoxy) is 1. The second-order valence-electron chi connectivity index (χ2n) is 4.84. The van der Waals surface area contributed by atoms with Gasteiger partial charge in [0.2, 0.25) is 5.91 Å². The van der Waals surface area contributed by atoms with Crippen molar-refractivity contribution >= 4 is 11.9 Å². The highest BCUT2D eigenvalue weighted by atomic mass is 16.5. The van der Waals surface area contributed by atoms with Gasteiger partial charge in [0.05, 0.1) is 11.6 Å². The highest BCUT2D eigenvalue weighted by Gasteiger charge is 2.24. The fourth-order valence-electron chi connectivity index (χ4n) is 1.64. The lowest BCUT2D eigenvalue weighted by atomic mass is 10.0. The van der Waals surface area contributed by atoms with E-state index in [1.165, 1.54) is 6.92 Å². The van der Waals surface area contributed by atoms with Gasteiger partial charge in [0.15, 0.2) is 0 Å². The van der Waals surface area contributed by atoms with Crippen molar-refractivity contribution < 1.29 is 14.3 Å². The molecule has 0 spiro atoms. The van der Waals surface area contributed by atoms with Gasteiger partial charge < -0.3 is 10.1 Å². The van der Waals surface area contributed by atoms with Gasteiger partial charge in [0, 0.05) is 6.92 Å². The summed E-state index contributed by atoms with van der Waals surface area (Å²) in [5, 5.41) is 11.3. The molecule has 0 aliphatic carbocycles. The number of rotatable bonds is 5. The molecule has 0 heterocycles. The van der Waals surface area contributed by atoms with Crippen molar-refractivity contribution in [3.63, 3.8) is 0 Å². The van der Waals surface area contributed by atoms with E-state index < -0.39 is 12.0 Å². The zero-order valence-electron chi connectivity index (χ0n) is 11.8. The van der Waals surface area contributed by atoms with Crippen LogP contribution >= 0.6 is 0 Å². The van der Waals surface area contributed by atoms with Gasteiger partial charge in [-0.1, -0.05) is 26.0 Å². The summed E-state index contributed by atoms with van der Waals surface area (Å²) in [6.07, 6.45) is 0. The maximum absolute atomic E-state index is 11.9. The predicted octanol–water partition coefficient (Wildman–Crippen LogP) is 1.76. The molecule has 0 aliphatic rings. The van der Waals surface area contributed by atoms with Crippen LogP contribution in [0.1, 0.15) is 31.9 Å². The summed E-state index contributed by atoms with van der Waals surface area (Å²) in [4.78, 5) is 23.0. The van der Waals surface area contributed by atoms with Gasteiger partial charge in [-0.2, -0.15) is 5.26 Å². The SMILES string of the molecule is CC(=O)N[C@@H](C(=O)OCc1ccc(C#N)cc1)C(C)C. The van der Waals surface area contributed by atoms with Crippen molar-refractivity contribution in [3.05, 3.63) is 35.4 Å². The third kappa shape index (κ3) is 4.73. The molecule has 1 atom stereocenters. The quantitative estimate of drug-likeness (QED) is 0.830. The van der Waals surface area contributed by atoms with Crippen LogP contribution in [0.4, 0.5) is 0 Å². The molecular weight excluding hydrogens is 256 g/mol. The summed E-state index contributed by atoms with van der Waals surface area (Å²) >= 11 is 0. The van der Waals surface area contributed by atoms with Gasteiger partial charge in [-0.15, -0.1) is 0 Å². The molecule has 20 heavy (non-hydrogen) atoms. The highest BCUT2D eigenvalue weighted by molar-refractivity contribution is 5.83. The summed E-state index contributed by atoms with van der Waals surface area (Å²) < 4.78 is 5.19. The Balaban J connectivity index is 2.60. The monoisotopic (exact) mass is 274 g/mol. The second kappa shape index (κ2) is 7.29. The molecule has 1 rings (SSSR count). The minimum atomic E-state index is -0.647. The van der Waals surface area contributed by atoms with Crippen LogP contribution in [0.2, 0.25) is 0 Å². The van der Waals surface area contributed by atoms with Gasteiger partial charge in [-0.05, 0) is 23.6 Å². The highest BCUT2D eigenvalue weighted by Crippen LogP contribution is 2.08. The first-order valence-electron chi connectivity index (χ1n) is 6.36. The number of carbonyl (C=O) groups excluding carboxylic acids is 2. The van der Waals surface area contributed by atoms with E-state index in [2.05, 4.69) is 5.32 Å². The Morgan fingerprint density at radius 1 is 1.30 bits per heavy atom. The molecule has 0 saturated carbocycles. The van der Waals surface area contributed by atoms with Crippen molar-refractivity contribution in [2.45, 2.75) is 33.4 Å². The van der Waals surface area contributed by atoms with E-state index in [4.69, 9.17) is 10.00 Å². The van der Waals surface area contributed by atoms with E-state index in [1.807, 2.05) is 19.9 Å². The number of nitrogens with one attached hydrogen (secondary N) is 1. The molecule has 1 amide bonds. The fourth-order valence-corrected chi connectivity index (χ4v) is 1.64. The molecule has 5 heteroatoms. The van der Waals surface area contributed by atoms with Gasteiger partial charge in [0.25, 0.3) is 0 Å². The molecule has 1 aromatic rings. The largest absolute Gasteiger partial charge is 0.459 e. The minimum Gasteiger partial charge on any atom is -0.459 e. The number of hydrogen-bond acceptors (Lipinski definition) is 4. The van der Waals surface area contributed by atoms with E-state index in [0.717, 1.165) is 5.56 Å². The Hall–Kier alpha value is -2.35. The Labute approximate surface area is 118 Å². The maximum atomic E-state index is 11.9.